The highest BCUT2D eigenvalue weighted by Gasteiger charge is 2.43. The van der Waals surface area contributed by atoms with Gasteiger partial charge in [-0.1, -0.05) is 20.8 Å². The molecule has 0 unspecified atom stereocenters. The first-order chi connectivity index (χ1) is 6.32. The maximum atomic E-state index is 11.2. The minimum atomic E-state index is -0.646. The summed E-state index contributed by atoms with van der Waals surface area (Å²) >= 11 is 0. The van der Waals surface area contributed by atoms with Gasteiger partial charge in [0.25, 0.3) is 0 Å². The Hall–Kier alpha value is -1.13. The van der Waals surface area contributed by atoms with Crippen molar-refractivity contribution in [3.63, 3.8) is 0 Å². The second-order valence-electron chi connectivity index (χ2n) is 4.80. The highest BCUT2D eigenvalue weighted by atomic mass is 16.6. The van der Waals surface area contributed by atoms with Crippen molar-refractivity contribution >= 4 is 5.91 Å². The first kappa shape index (κ1) is 10.9. The van der Waals surface area contributed by atoms with E-state index >= 15 is 0 Å². The molecule has 5 nitrogen and oxygen atoms in total. The van der Waals surface area contributed by atoms with Gasteiger partial charge in [-0.2, -0.15) is 0 Å². The van der Waals surface area contributed by atoms with Gasteiger partial charge in [-0.25, -0.2) is 0 Å². The van der Waals surface area contributed by atoms with Crippen molar-refractivity contribution in [1.82, 2.24) is 5.32 Å². The number of hydrogen-bond donors (Lipinski definition) is 1. The number of piperidine rings is 1. The molecule has 0 aromatic carbocycles. The van der Waals surface area contributed by atoms with Crippen molar-refractivity contribution < 1.29 is 9.72 Å². The molecule has 0 saturated carbocycles. The molecule has 1 N–H and O–H groups in total. The average Bonchev–Trinajstić information content (AvgIpc) is 2.01. The fourth-order valence-electron chi connectivity index (χ4n) is 1.81. The lowest BCUT2D eigenvalue weighted by molar-refractivity contribution is -0.531. The molecule has 1 aliphatic heterocycles. The number of carbonyl (C=O) groups excluding carboxylic acids is 1. The molecule has 1 fully saturated rings. The van der Waals surface area contributed by atoms with E-state index in [1.165, 1.54) is 0 Å². The fraction of sp³-hybridized carbons (Fsp3) is 0.889. The van der Waals surface area contributed by atoms with Crippen molar-refractivity contribution in [2.45, 2.75) is 45.7 Å². The molecule has 0 aromatic heterocycles. The first-order valence-electron chi connectivity index (χ1n) is 4.75. The van der Waals surface area contributed by atoms with Crippen LogP contribution in [0.5, 0.6) is 0 Å². The number of amides is 1. The lowest BCUT2D eigenvalue weighted by atomic mass is 9.79. The van der Waals surface area contributed by atoms with Crippen LogP contribution in [-0.4, -0.2) is 22.9 Å². The topological polar surface area (TPSA) is 72.2 Å². The highest BCUT2D eigenvalue weighted by molar-refractivity contribution is 5.77. The van der Waals surface area contributed by atoms with E-state index in [-0.39, 0.29) is 28.7 Å². The molecule has 2 atom stereocenters. The Kier molecular flexibility index (Phi) is 2.78. The SMILES string of the molecule is CC(C)(C)[C@H]1NC(=O)CC[C@@H]1[N+](=O)[O-]. The third kappa shape index (κ3) is 2.21. The molecule has 5 heteroatoms. The smallest absolute Gasteiger partial charge is 0.233 e. The van der Waals surface area contributed by atoms with E-state index in [4.69, 9.17) is 0 Å². The third-order valence-electron chi connectivity index (χ3n) is 2.57. The van der Waals surface area contributed by atoms with Crippen LogP contribution in [0, 0.1) is 15.5 Å². The van der Waals surface area contributed by atoms with E-state index in [0.717, 1.165) is 0 Å². The van der Waals surface area contributed by atoms with Crippen LogP contribution in [0.25, 0.3) is 0 Å². The van der Waals surface area contributed by atoms with Crippen LogP contribution in [0.4, 0.5) is 0 Å². The molecule has 14 heavy (non-hydrogen) atoms. The first-order valence-corrected chi connectivity index (χ1v) is 4.75. The quantitative estimate of drug-likeness (QED) is 0.506. The van der Waals surface area contributed by atoms with Crippen molar-refractivity contribution in [1.29, 1.82) is 0 Å². The Balaban J connectivity index is 2.84. The van der Waals surface area contributed by atoms with Crippen molar-refractivity contribution in [2.24, 2.45) is 5.41 Å². The molecular weight excluding hydrogens is 184 g/mol. The Morgan fingerprint density at radius 2 is 2.07 bits per heavy atom. The van der Waals surface area contributed by atoms with Crippen molar-refractivity contribution in [3.05, 3.63) is 10.1 Å². The minimum absolute atomic E-state index is 0.0805. The van der Waals surface area contributed by atoms with Crippen LogP contribution in [0.15, 0.2) is 0 Å². The summed E-state index contributed by atoms with van der Waals surface area (Å²) < 4.78 is 0. The van der Waals surface area contributed by atoms with Crippen LogP contribution in [-0.2, 0) is 4.79 Å². The number of nitrogens with one attached hydrogen (secondary N) is 1. The zero-order valence-electron chi connectivity index (χ0n) is 8.74. The summed E-state index contributed by atoms with van der Waals surface area (Å²) in [4.78, 5) is 21.6. The lowest BCUT2D eigenvalue weighted by Crippen LogP contribution is -2.57. The number of rotatable bonds is 1. The maximum absolute atomic E-state index is 11.2. The predicted molar refractivity (Wildman–Crippen MR) is 51.4 cm³/mol. The van der Waals surface area contributed by atoms with Crippen molar-refractivity contribution in [2.75, 3.05) is 0 Å². The average molecular weight is 200 g/mol. The molecule has 1 amide bonds. The van der Waals surface area contributed by atoms with Crippen LogP contribution in [0.1, 0.15) is 33.6 Å². The minimum Gasteiger partial charge on any atom is -0.346 e. The van der Waals surface area contributed by atoms with Crippen LogP contribution >= 0.6 is 0 Å². The molecule has 0 spiro atoms. The van der Waals surface area contributed by atoms with Gasteiger partial charge in [0.1, 0.15) is 6.04 Å². The molecule has 1 rings (SSSR count). The summed E-state index contributed by atoms with van der Waals surface area (Å²) in [5, 5.41) is 13.5. The number of nitrogens with zero attached hydrogens (tertiary/aromatic N) is 1. The van der Waals surface area contributed by atoms with Crippen LogP contribution < -0.4 is 5.32 Å². The summed E-state index contributed by atoms with van der Waals surface area (Å²) in [7, 11) is 0. The van der Waals surface area contributed by atoms with E-state index in [2.05, 4.69) is 5.32 Å². The van der Waals surface area contributed by atoms with E-state index in [1.54, 1.807) is 0 Å². The summed E-state index contributed by atoms with van der Waals surface area (Å²) in [6.07, 6.45) is 0.610. The normalized spacial score (nSPS) is 28.4. The van der Waals surface area contributed by atoms with E-state index in [0.29, 0.717) is 6.42 Å². The van der Waals surface area contributed by atoms with E-state index in [9.17, 15) is 14.9 Å². The van der Waals surface area contributed by atoms with Gasteiger partial charge in [0.05, 0.1) is 0 Å². The maximum Gasteiger partial charge on any atom is 0.233 e. The highest BCUT2D eigenvalue weighted by Crippen LogP contribution is 2.27. The van der Waals surface area contributed by atoms with Gasteiger partial charge in [0.15, 0.2) is 0 Å². The summed E-state index contributed by atoms with van der Waals surface area (Å²) in [5.74, 6) is -0.0805. The van der Waals surface area contributed by atoms with Crippen LogP contribution in [0.3, 0.4) is 0 Å². The summed E-state index contributed by atoms with van der Waals surface area (Å²) in [6, 6.07) is -1.01. The second-order valence-corrected chi connectivity index (χ2v) is 4.80. The Labute approximate surface area is 83.0 Å². The Morgan fingerprint density at radius 1 is 1.50 bits per heavy atom. The molecule has 80 valence electrons. The fourth-order valence-corrected chi connectivity index (χ4v) is 1.81. The summed E-state index contributed by atoms with van der Waals surface area (Å²) in [6.45, 7) is 5.71. The van der Waals surface area contributed by atoms with Gasteiger partial charge in [0, 0.05) is 17.8 Å². The third-order valence-corrected chi connectivity index (χ3v) is 2.57. The Bertz CT molecular complexity index is 257. The molecule has 1 aliphatic rings. The largest absolute Gasteiger partial charge is 0.346 e. The van der Waals surface area contributed by atoms with E-state index in [1.807, 2.05) is 20.8 Å². The van der Waals surface area contributed by atoms with Crippen molar-refractivity contribution in [3.8, 4) is 0 Å². The lowest BCUT2D eigenvalue weighted by Gasteiger charge is -2.35. The zero-order chi connectivity index (χ0) is 10.9. The standard InChI is InChI=1S/C9H16N2O3/c1-9(2,3)8-6(11(13)14)4-5-7(12)10-8/h6,8H,4-5H2,1-3H3,(H,10,12)/t6-,8-/m0/s1. The molecule has 0 aliphatic carbocycles. The predicted octanol–water partition coefficient (Wildman–Crippen LogP) is 0.956. The van der Waals surface area contributed by atoms with Gasteiger partial charge in [-0.3, -0.25) is 14.9 Å². The molecular formula is C9H16N2O3. The summed E-state index contributed by atoms with van der Waals surface area (Å²) in [5.41, 5.74) is -0.270. The number of nitro groups is 1. The van der Waals surface area contributed by atoms with Gasteiger partial charge in [0.2, 0.25) is 11.9 Å². The number of carbonyl (C=O) groups is 1. The molecule has 1 heterocycles. The molecule has 0 bridgehead atoms. The monoisotopic (exact) mass is 200 g/mol. The molecule has 0 aromatic rings. The van der Waals surface area contributed by atoms with Gasteiger partial charge >= 0.3 is 0 Å². The molecule has 0 radical (unpaired) electrons. The molecule has 1 saturated heterocycles. The number of hydrogen-bond acceptors (Lipinski definition) is 3. The van der Waals surface area contributed by atoms with Gasteiger partial charge in [-0.05, 0) is 5.41 Å². The van der Waals surface area contributed by atoms with Gasteiger partial charge < -0.3 is 5.32 Å². The second kappa shape index (κ2) is 3.55. The van der Waals surface area contributed by atoms with Crippen LogP contribution in [0.2, 0.25) is 0 Å². The zero-order valence-corrected chi connectivity index (χ0v) is 8.74. The van der Waals surface area contributed by atoms with Gasteiger partial charge in [-0.15, -0.1) is 0 Å². The van der Waals surface area contributed by atoms with E-state index < -0.39 is 6.04 Å². The Morgan fingerprint density at radius 3 is 2.50 bits per heavy atom.